The van der Waals surface area contributed by atoms with Crippen molar-refractivity contribution in [1.29, 1.82) is 0 Å². The zero-order valence-electron chi connectivity index (χ0n) is 11.1. The number of hydrogen-bond donors (Lipinski definition) is 3. The van der Waals surface area contributed by atoms with E-state index in [4.69, 9.17) is 16.2 Å². The highest BCUT2D eigenvalue weighted by atomic mass is 16.5. The van der Waals surface area contributed by atoms with Gasteiger partial charge in [-0.15, -0.1) is 0 Å². The second-order valence-electron chi connectivity index (χ2n) is 4.17. The molecule has 104 valence electrons. The minimum absolute atomic E-state index is 0.164. The Morgan fingerprint density at radius 2 is 2.00 bits per heavy atom. The molecule has 1 aromatic rings. The van der Waals surface area contributed by atoms with Gasteiger partial charge < -0.3 is 16.2 Å². The summed E-state index contributed by atoms with van der Waals surface area (Å²) in [6.07, 6.45) is -0.0832. The summed E-state index contributed by atoms with van der Waals surface area (Å²) in [5.41, 5.74) is 11.7. The highest BCUT2D eigenvalue weighted by Gasteiger charge is 2.18. The Kier molecular flexibility index (Phi) is 5.32. The molecule has 0 fully saturated rings. The number of carbonyl (C=O) groups excluding carboxylic acids is 2. The smallest absolute Gasteiger partial charge is 0.318 e. The summed E-state index contributed by atoms with van der Waals surface area (Å²) in [7, 11) is 0. The van der Waals surface area contributed by atoms with Gasteiger partial charge in [0.05, 0.1) is 0 Å². The fraction of sp³-hybridized carbons (Fsp3) is 0.385. The lowest BCUT2D eigenvalue weighted by Gasteiger charge is -2.19. The summed E-state index contributed by atoms with van der Waals surface area (Å²) in [5.74, 6) is -0.0589. The Bertz CT molecular complexity index is 462. The number of ether oxygens (including phenoxy) is 1. The number of urea groups is 1. The maximum absolute atomic E-state index is 11.5. The van der Waals surface area contributed by atoms with Crippen molar-refractivity contribution in [3.63, 3.8) is 0 Å². The van der Waals surface area contributed by atoms with Gasteiger partial charge in [0.15, 0.2) is 6.10 Å². The van der Waals surface area contributed by atoms with Crippen LogP contribution in [0.15, 0.2) is 24.3 Å². The fourth-order valence-corrected chi connectivity index (χ4v) is 1.58. The molecule has 0 saturated carbocycles. The van der Waals surface area contributed by atoms with E-state index in [9.17, 15) is 9.59 Å². The molecule has 0 heterocycles. The molecule has 19 heavy (non-hydrogen) atoms. The predicted octanol–water partition coefficient (Wildman–Crippen LogP) is 1.06. The number of benzene rings is 1. The molecule has 0 aromatic heterocycles. The highest BCUT2D eigenvalue weighted by Crippen LogP contribution is 2.26. The van der Waals surface area contributed by atoms with Crippen molar-refractivity contribution >= 4 is 11.9 Å². The molecule has 0 aliphatic rings. The Hall–Kier alpha value is -2.08. The Morgan fingerprint density at radius 1 is 1.37 bits per heavy atom. The normalized spacial score (nSPS) is 13.4. The molecule has 0 saturated heterocycles. The van der Waals surface area contributed by atoms with Crippen LogP contribution in [0.3, 0.4) is 0 Å². The van der Waals surface area contributed by atoms with Crippen molar-refractivity contribution in [3.05, 3.63) is 29.8 Å². The topological polar surface area (TPSA) is 107 Å². The number of primary amides is 1. The van der Waals surface area contributed by atoms with E-state index in [1.54, 1.807) is 12.1 Å². The molecule has 0 aliphatic heterocycles. The Labute approximate surface area is 112 Å². The monoisotopic (exact) mass is 265 g/mol. The number of amides is 3. The van der Waals surface area contributed by atoms with E-state index >= 15 is 0 Å². The molecule has 2 unspecified atom stereocenters. The molecule has 6 nitrogen and oxygen atoms in total. The van der Waals surface area contributed by atoms with Crippen LogP contribution in [0.25, 0.3) is 0 Å². The molecular weight excluding hydrogens is 246 g/mol. The SMILES string of the molecule is CCC(N)c1ccccc1OC(C)C(=O)NC(N)=O. The number of carbonyl (C=O) groups is 2. The molecule has 0 bridgehead atoms. The Morgan fingerprint density at radius 3 is 2.58 bits per heavy atom. The lowest BCUT2D eigenvalue weighted by atomic mass is 10.0. The number of imide groups is 1. The second kappa shape index (κ2) is 6.75. The van der Waals surface area contributed by atoms with Crippen LogP contribution in [0.4, 0.5) is 4.79 Å². The van der Waals surface area contributed by atoms with Crippen molar-refractivity contribution in [3.8, 4) is 5.75 Å². The largest absolute Gasteiger partial charge is 0.481 e. The maximum Gasteiger partial charge on any atom is 0.318 e. The lowest BCUT2D eigenvalue weighted by molar-refractivity contribution is -0.126. The third kappa shape index (κ3) is 4.26. The summed E-state index contributed by atoms with van der Waals surface area (Å²) in [6, 6.07) is 6.16. The van der Waals surface area contributed by atoms with Gasteiger partial charge in [-0.25, -0.2) is 4.79 Å². The molecule has 3 amide bonds. The standard InChI is InChI=1S/C13H19N3O3/c1-3-10(14)9-6-4-5-7-11(9)19-8(2)12(17)16-13(15)18/h4-8,10H,3,14H2,1-2H3,(H3,15,16,17,18). The van der Waals surface area contributed by atoms with Crippen molar-refractivity contribution in [1.82, 2.24) is 5.32 Å². The van der Waals surface area contributed by atoms with E-state index in [1.807, 2.05) is 24.4 Å². The number of nitrogens with two attached hydrogens (primary N) is 2. The quantitative estimate of drug-likeness (QED) is 0.739. The van der Waals surface area contributed by atoms with Gasteiger partial charge in [0.1, 0.15) is 5.75 Å². The molecule has 0 spiro atoms. The van der Waals surface area contributed by atoms with Crippen LogP contribution in [0.1, 0.15) is 31.9 Å². The molecule has 0 aliphatic carbocycles. The van der Waals surface area contributed by atoms with Gasteiger partial charge in [-0.05, 0) is 19.4 Å². The first-order valence-corrected chi connectivity index (χ1v) is 6.07. The summed E-state index contributed by atoms with van der Waals surface area (Å²) in [4.78, 5) is 22.1. The minimum atomic E-state index is -0.904. The van der Waals surface area contributed by atoms with Gasteiger partial charge in [-0.2, -0.15) is 0 Å². The summed E-state index contributed by atoms with van der Waals surface area (Å²) < 4.78 is 5.53. The molecule has 6 heteroatoms. The zero-order chi connectivity index (χ0) is 14.4. The third-order valence-corrected chi connectivity index (χ3v) is 2.68. The van der Waals surface area contributed by atoms with E-state index in [0.29, 0.717) is 5.75 Å². The first-order chi connectivity index (χ1) is 8.95. The van der Waals surface area contributed by atoms with Gasteiger partial charge in [-0.1, -0.05) is 25.1 Å². The van der Waals surface area contributed by atoms with Crippen molar-refractivity contribution < 1.29 is 14.3 Å². The van der Waals surface area contributed by atoms with Crippen LogP contribution < -0.4 is 21.5 Å². The maximum atomic E-state index is 11.5. The Balaban J connectivity index is 2.81. The predicted molar refractivity (Wildman–Crippen MR) is 71.5 cm³/mol. The number of rotatable bonds is 5. The van der Waals surface area contributed by atoms with Gasteiger partial charge in [0.25, 0.3) is 5.91 Å². The molecule has 0 radical (unpaired) electrons. The van der Waals surface area contributed by atoms with Gasteiger partial charge >= 0.3 is 6.03 Å². The fourth-order valence-electron chi connectivity index (χ4n) is 1.58. The van der Waals surface area contributed by atoms with Gasteiger partial charge in [0.2, 0.25) is 0 Å². The summed E-state index contributed by atoms with van der Waals surface area (Å²) in [5, 5.41) is 1.97. The van der Waals surface area contributed by atoms with E-state index in [0.717, 1.165) is 12.0 Å². The first kappa shape index (κ1) is 15.0. The van der Waals surface area contributed by atoms with E-state index < -0.39 is 18.0 Å². The van der Waals surface area contributed by atoms with E-state index in [1.165, 1.54) is 6.92 Å². The van der Waals surface area contributed by atoms with Crippen molar-refractivity contribution in [2.45, 2.75) is 32.4 Å². The zero-order valence-corrected chi connectivity index (χ0v) is 11.1. The van der Waals surface area contributed by atoms with Crippen LogP contribution in [0, 0.1) is 0 Å². The molecule has 2 atom stereocenters. The van der Waals surface area contributed by atoms with E-state index in [2.05, 4.69) is 0 Å². The number of hydrogen-bond acceptors (Lipinski definition) is 4. The third-order valence-electron chi connectivity index (χ3n) is 2.68. The van der Waals surface area contributed by atoms with Crippen LogP contribution in [-0.4, -0.2) is 18.0 Å². The highest BCUT2D eigenvalue weighted by molar-refractivity contribution is 5.95. The first-order valence-electron chi connectivity index (χ1n) is 6.07. The number of nitrogens with one attached hydrogen (secondary N) is 1. The van der Waals surface area contributed by atoms with Crippen LogP contribution in [0.2, 0.25) is 0 Å². The number of para-hydroxylation sites is 1. The van der Waals surface area contributed by atoms with Gasteiger partial charge in [-0.3, -0.25) is 10.1 Å². The average Bonchev–Trinajstić information content (AvgIpc) is 2.37. The molecule has 1 rings (SSSR count). The molecule has 1 aromatic carbocycles. The molecular formula is C13H19N3O3. The second-order valence-corrected chi connectivity index (χ2v) is 4.17. The molecule has 5 N–H and O–H groups in total. The van der Waals surface area contributed by atoms with Crippen molar-refractivity contribution in [2.24, 2.45) is 11.5 Å². The van der Waals surface area contributed by atoms with Crippen molar-refractivity contribution in [2.75, 3.05) is 0 Å². The van der Waals surface area contributed by atoms with Crippen LogP contribution in [0.5, 0.6) is 5.75 Å². The van der Waals surface area contributed by atoms with E-state index in [-0.39, 0.29) is 6.04 Å². The lowest BCUT2D eigenvalue weighted by Crippen LogP contribution is -2.42. The average molecular weight is 265 g/mol. The van der Waals surface area contributed by atoms with Crippen LogP contribution in [-0.2, 0) is 4.79 Å². The summed E-state index contributed by atoms with van der Waals surface area (Å²) >= 11 is 0. The minimum Gasteiger partial charge on any atom is -0.481 e. The summed E-state index contributed by atoms with van der Waals surface area (Å²) in [6.45, 7) is 3.50. The van der Waals surface area contributed by atoms with Crippen LogP contribution >= 0.6 is 0 Å². The van der Waals surface area contributed by atoms with Gasteiger partial charge in [0, 0.05) is 11.6 Å².